The highest BCUT2D eigenvalue weighted by Crippen LogP contribution is 2.71. The first-order valence-corrected chi connectivity index (χ1v) is 14.8. The Morgan fingerprint density at radius 2 is 1.94 bits per heavy atom. The molecule has 11 atom stereocenters. The van der Waals surface area contributed by atoms with Gasteiger partial charge < -0.3 is 25.1 Å². The summed E-state index contributed by atoms with van der Waals surface area (Å²) in [7, 11) is 2.20. The molecule has 192 valence electrons. The molecule has 3 N–H and O–H groups in total. The fourth-order valence-corrected chi connectivity index (χ4v) is 11.0. The van der Waals surface area contributed by atoms with E-state index < -0.39 is 18.4 Å². The SMILES string of the molecule is CC[C@H]1[C@H]2C[C@@H]3[C@H]4N(C)c5ccc(Br)cc5[C@]45C[C@@H]([C@@H]2[C@@H]5O)[N+]3(C[C@H](O)CN2CCCCC2)[C@@H]1O. The zero-order chi connectivity index (χ0) is 24.3. The first-order chi connectivity index (χ1) is 16.8. The minimum atomic E-state index is -0.452. The highest BCUT2D eigenvalue weighted by molar-refractivity contribution is 9.10. The highest BCUT2D eigenvalue weighted by Gasteiger charge is 2.83. The first kappa shape index (κ1) is 23.4. The molecule has 7 aliphatic rings. The number of hydrogen-bond acceptors (Lipinski definition) is 5. The second kappa shape index (κ2) is 7.90. The molecule has 6 fully saturated rings. The van der Waals surface area contributed by atoms with Gasteiger partial charge in [0.05, 0.1) is 23.6 Å². The summed E-state index contributed by atoms with van der Waals surface area (Å²) in [6, 6.07) is 7.18. The molecule has 5 saturated heterocycles. The van der Waals surface area contributed by atoms with Gasteiger partial charge in [-0.3, -0.25) is 4.48 Å². The lowest BCUT2D eigenvalue weighted by atomic mass is 9.60. The van der Waals surface area contributed by atoms with Crippen LogP contribution in [-0.4, -0.2) is 94.5 Å². The number of fused-ring (bicyclic) bond motifs is 2. The Hall–Kier alpha value is -0.700. The van der Waals surface area contributed by atoms with Crippen molar-refractivity contribution >= 4 is 21.6 Å². The van der Waals surface area contributed by atoms with Gasteiger partial charge in [-0.1, -0.05) is 29.3 Å². The lowest BCUT2D eigenvalue weighted by molar-refractivity contribution is -1.04. The molecule has 5 bridgehead atoms. The van der Waals surface area contributed by atoms with Crippen molar-refractivity contribution < 1.29 is 19.8 Å². The minimum absolute atomic E-state index is 0.155. The number of piperidine rings is 5. The number of halogens is 1. The van der Waals surface area contributed by atoms with Gasteiger partial charge in [0.1, 0.15) is 18.7 Å². The number of rotatable bonds is 5. The van der Waals surface area contributed by atoms with Crippen molar-refractivity contribution in [3.8, 4) is 0 Å². The van der Waals surface area contributed by atoms with E-state index in [0.717, 1.165) is 36.8 Å². The summed E-state index contributed by atoms with van der Waals surface area (Å²) < 4.78 is 1.68. The fraction of sp³-hybridized carbons (Fsp3) is 0.786. The number of aliphatic hydroxyl groups excluding tert-OH is 3. The van der Waals surface area contributed by atoms with E-state index in [1.807, 2.05) is 0 Å². The van der Waals surface area contributed by atoms with Gasteiger partial charge in [-0.05, 0) is 62.0 Å². The third-order valence-electron chi connectivity index (χ3n) is 11.6. The molecule has 1 aliphatic carbocycles. The minimum Gasteiger partial charge on any atom is -0.392 e. The molecule has 1 unspecified atom stereocenters. The van der Waals surface area contributed by atoms with E-state index in [-0.39, 0.29) is 35.4 Å². The molecule has 1 saturated carbocycles. The van der Waals surface area contributed by atoms with Crippen LogP contribution in [0.3, 0.4) is 0 Å². The van der Waals surface area contributed by atoms with E-state index in [4.69, 9.17) is 0 Å². The smallest absolute Gasteiger partial charge is 0.194 e. The summed E-state index contributed by atoms with van der Waals surface area (Å²) in [6.45, 7) is 5.67. The topological polar surface area (TPSA) is 67.2 Å². The van der Waals surface area contributed by atoms with Crippen molar-refractivity contribution in [3.05, 3.63) is 28.2 Å². The number of nitrogens with zero attached hydrogens (tertiary/aromatic N) is 3. The molecule has 0 amide bonds. The molecule has 1 aromatic rings. The zero-order valence-electron chi connectivity index (χ0n) is 21.1. The van der Waals surface area contributed by atoms with Crippen LogP contribution in [0.5, 0.6) is 0 Å². The molecule has 0 radical (unpaired) electrons. The second-order valence-electron chi connectivity index (χ2n) is 12.7. The van der Waals surface area contributed by atoms with Crippen LogP contribution in [-0.2, 0) is 5.41 Å². The average molecular weight is 548 g/mol. The normalized spacial score (nSPS) is 48.3. The van der Waals surface area contributed by atoms with Crippen LogP contribution in [0.15, 0.2) is 22.7 Å². The lowest BCUT2D eigenvalue weighted by Gasteiger charge is -2.68. The summed E-state index contributed by atoms with van der Waals surface area (Å²) in [6.07, 6.45) is 5.33. The summed E-state index contributed by atoms with van der Waals surface area (Å²) in [4.78, 5) is 4.85. The Morgan fingerprint density at radius 1 is 1.17 bits per heavy atom. The van der Waals surface area contributed by atoms with Gasteiger partial charge in [-0.15, -0.1) is 0 Å². The zero-order valence-corrected chi connectivity index (χ0v) is 22.6. The molecule has 7 heteroatoms. The summed E-state index contributed by atoms with van der Waals surface area (Å²) in [5.74, 6) is 0.768. The van der Waals surface area contributed by atoms with Crippen molar-refractivity contribution in [2.75, 3.05) is 38.1 Å². The van der Waals surface area contributed by atoms with Gasteiger partial charge in [0, 0.05) is 48.4 Å². The predicted octanol–water partition coefficient (Wildman–Crippen LogP) is 2.68. The van der Waals surface area contributed by atoms with Crippen molar-refractivity contribution in [1.82, 2.24) is 4.90 Å². The van der Waals surface area contributed by atoms with E-state index in [2.05, 4.69) is 57.9 Å². The van der Waals surface area contributed by atoms with Gasteiger partial charge in [-0.2, -0.15) is 0 Å². The fourth-order valence-electron chi connectivity index (χ4n) is 10.6. The van der Waals surface area contributed by atoms with Crippen molar-refractivity contribution in [2.45, 2.75) is 87.4 Å². The maximum absolute atomic E-state index is 12.2. The number of likely N-dealkylation sites (tertiary alicyclic amines) is 1. The lowest BCUT2D eigenvalue weighted by Crippen LogP contribution is -2.84. The van der Waals surface area contributed by atoms with E-state index in [9.17, 15) is 15.3 Å². The molecule has 1 spiro atoms. The third-order valence-corrected chi connectivity index (χ3v) is 12.1. The van der Waals surface area contributed by atoms with Gasteiger partial charge in [0.15, 0.2) is 6.23 Å². The maximum atomic E-state index is 12.2. The predicted molar refractivity (Wildman–Crippen MR) is 139 cm³/mol. The van der Waals surface area contributed by atoms with Crippen LogP contribution in [0, 0.1) is 17.8 Å². The van der Waals surface area contributed by atoms with Gasteiger partial charge >= 0.3 is 0 Å². The molecule has 6 nitrogen and oxygen atoms in total. The Kier molecular flexibility index (Phi) is 5.29. The monoisotopic (exact) mass is 546 g/mol. The number of hydrogen-bond donors (Lipinski definition) is 3. The average Bonchev–Trinajstić information content (AvgIpc) is 3.22. The molecular weight excluding hydrogens is 506 g/mol. The number of benzene rings is 1. The Morgan fingerprint density at radius 3 is 2.69 bits per heavy atom. The van der Waals surface area contributed by atoms with Crippen molar-refractivity contribution in [2.24, 2.45) is 17.8 Å². The van der Waals surface area contributed by atoms with Crippen molar-refractivity contribution in [3.63, 3.8) is 0 Å². The van der Waals surface area contributed by atoms with Crippen molar-refractivity contribution in [1.29, 1.82) is 0 Å². The van der Waals surface area contributed by atoms with Crippen LogP contribution in [0.1, 0.15) is 51.0 Å². The Balaban J connectivity index is 1.33. The number of aliphatic hydroxyl groups is 3. The number of β-amino-alcohol motifs (C(OH)–C–C–N with tert-alkyl or cyclic N) is 1. The maximum Gasteiger partial charge on any atom is 0.194 e. The van der Waals surface area contributed by atoms with E-state index in [0.29, 0.717) is 23.5 Å². The summed E-state index contributed by atoms with van der Waals surface area (Å²) >= 11 is 3.71. The summed E-state index contributed by atoms with van der Waals surface area (Å²) in [5.41, 5.74) is 2.25. The van der Waals surface area contributed by atoms with E-state index >= 15 is 0 Å². The Bertz CT molecular complexity index is 1020. The largest absolute Gasteiger partial charge is 0.392 e. The highest BCUT2D eigenvalue weighted by atomic mass is 79.9. The van der Waals surface area contributed by atoms with Crippen LogP contribution in [0.2, 0.25) is 0 Å². The molecule has 8 rings (SSSR count). The van der Waals surface area contributed by atoms with Crippen LogP contribution in [0.4, 0.5) is 5.69 Å². The standard InChI is InChI=1S/C28H41BrN3O3/c1-3-18-19-12-22-25-28(20-11-16(29)7-8-21(20)30(25)2)13-23(24(19)26(28)34)32(22,27(18)35)15-17(33)14-31-9-5-4-6-10-31/h7-8,11,17-19,22-27,33-35H,3-6,9-10,12-15H2,1-2H3/q+1/t17-,18+,19-,22-,23+,24-,25-,26+,27-,28-,32?/m1/s1. The van der Waals surface area contributed by atoms with Crippen LogP contribution >= 0.6 is 15.9 Å². The second-order valence-corrected chi connectivity index (χ2v) is 13.6. The van der Waals surface area contributed by atoms with E-state index in [1.165, 1.54) is 30.5 Å². The molecule has 6 heterocycles. The van der Waals surface area contributed by atoms with E-state index in [1.54, 1.807) is 0 Å². The van der Waals surface area contributed by atoms with Gasteiger partial charge in [0.2, 0.25) is 0 Å². The molecule has 6 aliphatic heterocycles. The number of quaternary nitrogens is 1. The van der Waals surface area contributed by atoms with Crippen LogP contribution in [0.25, 0.3) is 0 Å². The quantitative estimate of drug-likeness (QED) is 0.495. The van der Waals surface area contributed by atoms with Gasteiger partial charge in [-0.25, -0.2) is 0 Å². The first-order valence-electron chi connectivity index (χ1n) is 14.0. The molecular formula is C28H41BrN3O3+. The number of likely N-dealkylation sites (N-methyl/N-ethyl adjacent to an activating group) is 1. The third kappa shape index (κ3) is 2.78. The van der Waals surface area contributed by atoms with Crippen LogP contribution < -0.4 is 4.90 Å². The molecule has 0 aromatic heterocycles. The Labute approximate surface area is 217 Å². The summed E-state index contributed by atoms with van der Waals surface area (Å²) in [5, 5.41) is 35.9. The molecule has 35 heavy (non-hydrogen) atoms. The number of anilines is 1. The molecule has 1 aromatic carbocycles. The van der Waals surface area contributed by atoms with Gasteiger partial charge in [0.25, 0.3) is 0 Å².